The zero-order valence-corrected chi connectivity index (χ0v) is 18.7. The van der Waals surface area contributed by atoms with Crippen LogP contribution in [0.25, 0.3) is 11.0 Å². The van der Waals surface area contributed by atoms with Crippen molar-refractivity contribution < 1.29 is 29.0 Å². The van der Waals surface area contributed by atoms with Gasteiger partial charge in [-0.05, 0) is 56.9 Å². The number of phenols is 1. The second kappa shape index (κ2) is 8.99. The van der Waals surface area contributed by atoms with E-state index in [2.05, 4.69) is 0 Å². The molecule has 1 aromatic heterocycles. The summed E-state index contributed by atoms with van der Waals surface area (Å²) in [6, 6.07) is 12.3. The molecule has 8 heteroatoms. The monoisotopic (exact) mass is 450 g/mol. The van der Waals surface area contributed by atoms with Crippen LogP contribution in [0.4, 0.5) is 0 Å². The van der Waals surface area contributed by atoms with Crippen LogP contribution in [0.3, 0.4) is 0 Å². The SMILES string of the molecule is COc1cccc2cc(C(=O)C3=C(O)C(=O)N(CCCN(C)C)C3c3cccc(O)c3)oc12. The van der Waals surface area contributed by atoms with Crippen LogP contribution in [0, 0.1) is 0 Å². The molecular weight excluding hydrogens is 424 g/mol. The molecule has 0 saturated carbocycles. The average molecular weight is 450 g/mol. The van der Waals surface area contributed by atoms with E-state index in [1.165, 1.54) is 24.1 Å². The van der Waals surface area contributed by atoms with Crippen LogP contribution < -0.4 is 4.74 Å². The van der Waals surface area contributed by atoms with E-state index in [0.717, 1.165) is 6.54 Å². The van der Waals surface area contributed by atoms with Crippen molar-refractivity contribution in [3.63, 3.8) is 0 Å². The highest BCUT2D eigenvalue weighted by Crippen LogP contribution is 2.41. The summed E-state index contributed by atoms with van der Waals surface area (Å²) >= 11 is 0. The Morgan fingerprint density at radius 1 is 1.15 bits per heavy atom. The summed E-state index contributed by atoms with van der Waals surface area (Å²) < 4.78 is 11.1. The Hall–Kier alpha value is -3.78. The number of ether oxygens (including phenoxy) is 1. The Kier molecular flexibility index (Phi) is 6.11. The fraction of sp³-hybridized carbons (Fsp3) is 0.280. The van der Waals surface area contributed by atoms with Crippen molar-refractivity contribution in [3.05, 3.63) is 71.2 Å². The smallest absolute Gasteiger partial charge is 0.290 e. The van der Waals surface area contributed by atoms with Gasteiger partial charge < -0.3 is 29.2 Å². The molecule has 0 bridgehead atoms. The van der Waals surface area contributed by atoms with Gasteiger partial charge in [-0.2, -0.15) is 0 Å². The van der Waals surface area contributed by atoms with Crippen LogP contribution in [-0.2, 0) is 4.79 Å². The highest BCUT2D eigenvalue weighted by molar-refractivity contribution is 6.16. The number of hydrogen-bond donors (Lipinski definition) is 2. The van der Waals surface area contributed by atoms with E-state index in [1.807, 2.05) is 19.0 Å². The molecule has 33 heavy (non-hydrogen) atoms. The summed E-state index contributed by atoms with van der Waals surface area (Å²) in [5.41, 5.74) is 0.854. The molecule has 1 amide bonds. The van der Waals surface area contributed by atoms with Gasteiger partial charge in [-0.1, -0.05) is 24.3 Å². The number of para-hydroxylation sites is 1. The van der Waals surface area contributed by atoms with Crippen molar-refractivity contribution >= 4 is 22.7 Å². The topological polar surface area (TPSA) is 103 Å². The van der Waals surface area contributed by atoms with E-state index >= 15 is 0 Å². The van der Waals surface area contributed by atoms with Gasteiger partial charge >= 0.3 is 0 Å². The lowest BCUT2D eigenvalue weighted by Crippen LogP contribution is -2.33. The molecule has 172 valence electrons. The molecular formula is C25H26N2O6. The third kappa shape index (κ3) is 4.17. The summed E-state index contributed by atoms with van der Waals surface area (Å²) in [6.07, 6.45) is 0.643. The average Bonchev–Trinajstić information content (AvgIpc) is 3.33. The number of furan rings is 1. The number of benzene rings is 2. The molecule has 2 heterocycles. The Labute approximate surface area is 191 Å². The number of methoxy groups -OCH3 is 1. The van der Waals surface area contributed by atoms with Gasteiger partial charge in [0.05, 0.1) is 18.7 Å². The molecule has 0 spiro atoms. The van der Waals surface area contributed by atoms with Crippen molar-refractivity contribution in [3.8, 4) is 11.5 Å². The molecule has 2 aromatic carbocycles. The first-order chi connectivity index (χ1) is 15.8. The van der Waals surface area contributed by atoms with Gasteiger partial charge in [0.2, 0.25) is 5.78 Å². The first-order valence-corrected chi connectivity index (χ1v) is 10.6. The molecule has 0 fully saturated rings. The molecule has 8 nitrogen and oxygen atoms in total. The normalized spacial score (nSPS) is 16.3. The Morgan fingerprint density at radius 3 is 2.61 bits per heavy atom. The number of fused-ring (bicyclic) bond motifs is 1. The molecule has 0 saturated heterocycles. The van der Waals surface area contributed by atoms with Gasteiger partial charge in [0.1, 0.15) is 5.75 Å². The van der Waals surface area contributed by atoms with Gasteiger partial charge in [0, 0.05) is 11.9 Å². The number of amides is 1. The van der Waals surface area contributed by atoms with Crippen molar-refractivity contribution in [2.75, 3.05) is 34.3 Å². The van der Waals surface area contributed by atoms with Gasteiger partial charge in [-0.15, -0.1) is 0 Å². The third-order valence-corrected chi connectivity index (χ3v) is 5.69. The summed E-state index contributed by atoms with van der Waals surface area (Å²) in [5.74, 6) is -1.36. The van der Waals surface area contributed by atoms with Gasteiger partial charge in [0.25, 0.3) is 5.91 Å². The molecule has 0 radical (unpaired) electrons. The Bertz CT molecular complexity index is 1240. The number of rotatable bonds is 8. The predicted octanol–water partition coefficient (Wildman–Crippen LogP) is 3.68. The number of carbonyl (C=O) groups excluding carboxylic acids is 2. The predicted molar refractivity (Wildman–Crippen MR) is 122 cm³/mol. The highest BCUT2D eigenvalue weighted by Gasteiger charge is 2.44. The fourth-order valence-electron chi connectivity index (χ4n) is 4.16. The summed E-state index contributed by atoms with van der Waals surface area (Å²) in [6.45, 7) is 1.05. The second-order valence-corrected chi connectivity index (χ2v) is 8.23. The zero-order chi connectivity index (χ0) is 23.7. The molecule has 4 rings (SSSR count). The molecule has 1 atom stereocenters. The van der Waals surface area contributed by atoms with Crippen LogP contribution >= 0.6 is 0 Å². The Morgan fingerprint density at radius 2 is 1.91 bits per heavy atom. The van der Waals surface area contributed by atoms with E-state index in [9.17, 15) is 19.8 Å². The first kappa shape index (κ1) is 22.4. The van der Waals surface area contributed by atoms with Gasteiger partial charge in [0.15, 0.2) is 22.9 Å². The van der Waals surface area contributed by atoms with Crippen molar-refractivity contribution in [1.82, 2.24) is 9.80 Å². The second-order valence-electron chi connectivity index (χ2n) is 8.23. The van der Waals surface area contributed by atoms with Crippen molar-refractivity contribution in [2.24, 2.45) is 0 Å². The van der Waals surface area contributed by atoms with Gasteiger partial charge in [-0.25, -0.2) is 0 Å². The lowest BCUT2D eigenvalue weighted by Gasteiger charge is -2.27. The molecule has 1 aliphatic rings. The molecule has 2 N–H and O–H groups in total. The number of phenolic OH excluding ortho intramolecular Hbond substituents is 1. The summed E-state index contributed by atoms with van der Waals surface area (Å²) in [7, 11) is 5.37. The highest BCUT2D eigenvalue weighted by atomic mass is 16.5. The van der Waals surface area contributed by atoms with Crippen LogP contribution in [0.2, 0.25) is 0 Å². The molecule has 1 unspecified atom stereocenters. The minimum Gasteiger partial charge on any atom is -0.508 e. The number of aromatic hydroxyl groups is 1. The third-order valence-electron chi connectivity index (χ3n) is 5.69. The quantitative estimate of drug-likeness (QED) is 0.505. The first-order valence-electron chi connectivity index (χ1n) is 10.6. The standard InChI is InChI=1S/C25H26N2O6/c1-26(2)11-6-12-27-21(15-7-4-9-17(28)13-15)20(23(30)25(27)31)22(29)19-14-16-8-5-10-18(32-3)24(16)33-19/h4-5,7-10,13-14,21,28,30H,6,11-12H2,1-3H3. The number of Topliss-reactive ketones (excluding diaryl/α,β-unsaturated/α-hetero) is 1. The maximum absolute atomic E-state index is 13.6. The van der Waals surface area contributed by atoms with Crippen molar-refractivity contribution in [2.45, 2.75) is 12.5 Å². The van der Waals surface area contributed by atoms with Crippen LogP contribution in [0.1, 0.15) is 28.6 Å². The maximum atomic E-state index is 13.6. The minimum atomic E-state index is -0.852. The Balaban J connectivity index is 1.77. The number of hydrogen-bond acceptors (Lipinski definition) is 7. The molecule has 3 aromatic rings. The zero-order valence-electron chi connectivity index (χ0n) is 18.7. The minimum absolute atomic E-state index is 0.000136. The van der Waals surface area contributed by atoms with Crippen molar-refractivity contribution in [1.29, 1.82) is 0 Å². The van der Waals surface area contributed by atoms with Crippen LogP contribution in [0.15, 0.2) is 64.3 Å². The lowest BCUT2D eigenvalue weighted by atomic mass is 9.94. The van der Waals surface area contributed by atoms with E-state index in [-0.39, 0.29) is 17.1 Å². The number of carbonyl (C=O) groups is 2. The maximum Gasteiger partial charge on any atom is 0.290 e. The number of ketones is 1. The van der Waals surface area contributed by atoms with Crippen LogP contribution in [0.5, 0.6) is 11.5 Å². The van der Waals surface area contributed by atoms with Gasteiger partial charge in [-0.3, -0.25) is 9.59 Å². The summed E-state index contributed by atoms with van der Waals surface area (Å²) in [4.78, 5) is 30.0. The lowest BCUT2D eigenvalue weighted by molar-refractivity contribution is -0.129. The number of nitrogens with zero attached hydrogens (tertiary/aromatic N) is 2. The van der Waals surface area contributed by atoms with E-state index in [0.29, 0.717) is 35.2 Å². The number of aliphatic hydroxyl groups is 1. The van der Waals surface area contributed by atoms with E-state index in [4.69, 9.17) is 9.15 Å². The van der Waals surface area contributed by atoms with E-state index < -0.39 is 23.5 Å². The summed E-state index contributed by atoms with van der Waals surface area (Å²) in [5, 5.41) is 21.5. The fourth-order valence-corrected chi connectivity index (χ4v) is 4.16. The van der Waals surface area contributed by atoms with Crippen LogP contribution in [-0.4, -0.2) is 66.0 Å². The molecule has 0 aliphatic carbocycles. The largest absolute Gasteiger partial charge is 0.508 e. The molecule has 1 aliphatic heterocycles. The number of aliphatic hydroxyl groups excluding tert-OH is 1. The van der Waals surface area contributed by atoms with E-state index in [1.54, 1.807) is 36.4 Å².